The van der Waals surface area contributed by atoms with Gasteiger partial charge in [0.05, 0.1) is 18.6 Å². The highest BCUT2D eigenvalue weighted by Gasteiger charge is 2.38. The van der Waals surface area contributed by atoms with Crippen LogP contribution in [0.3, 0.4) is 0 Å². The average molecular weight is 241 g/mol. The number of carboxylic acids is 1. The molecule has 1 amide bonds. The summed E-state index contributed by atoms with van der Waals surface area (Å²) in [6, 6.07) is -0.0496. The van der Waals surface area contributed by atoms with Gasteiger partial charge in [0.1, 0.15) is 0 Å². The molecule has 2 aliphatic rings. The van der Waals surface area contributed by atoms with Gasteiger partial charge < -0.3 is 15.1 Å². The van der Waals surface area contributed by atoms with E-state index in [4.69, 9.17) is 5.11 Å². The van der Waals surface area contributed by atoms with E-state index in [1.54, 1.807) is 4.90 Å². The molecule has 0 aromatic rings. The normalized spacial score (nSPS) is 33.0. The second-order valence-electron chi connectivity index (χ2n) is 5.06. The summed E-state index contributed by atoms with van der Waals surface area (Å²) >= 11 is 0. The van der Waals surface area contributed by atoms with Gasteiger partial charge >= 0.3 is 5.97 Å². The van der Waals surface area contributed by atoms with Crippen molar-refractivity contribution in [1.82, 2.24) is 4.90 Å². The van der Waals surface area contributed by atoms with Gasteiger partial charge in [0.2, 0.25) is 5.91 Å². The number of carbonyl (C=O) groups is 2. The molecular formula is C12H19NO4. The van der Waals surface area contributed by atoms with Gasteiger partial charge in [-0.1, -0.05) is 0 Å². The van der Waals surface area contributed by atoms with Gasteiger partial charge in [0, 0.05) is 12.5 Å². The Hall–Kier alpha value is -1.10. The van der Waals surface area contributed by atoms with Gasteiger partial charge in [-0.05, 0) is 32.1 Å². The number of hydrogen-bond donors (Lipinski definition) is 2. The van der Waals surface area contributed by atoms with Crippen LogP contribution in [0, 0.1) is 11.8 Å². The van der Waals surface area contributed by atoms with Crippen LogP contribution in [0.4, 0.5) is 0 Å². The zero-order chi connectivity index (χ0) is 12.4. The highest BCUT2D eigenvalue weighted by molar-refractivity contribution is 5.81. The molecule has 5 heteroatoms. The fourth-order valence-corrected chi connectivity index (χ4v) is 2.98. The zero-order valence-corrected chi connectivity index (χ0v) is 9.84. The molecule has 5 nitrogen and oxygen atoms in total. The molecule has 0 bridgehead atoms. The number of rotatable bonds is 3. The summed E-state index contributed by atoms with van der Waals surface area (Å²) in [6.45, 7) is 0.721. The molecule has 0 spiro atoms. The van der Waals surface area contributed by atoms with Crippen molar-refractivity contribution in [3.8, 4) is 0 Å². The van der Waals surface area contributed by atoms with Crippen molar-refractivity contribution in [3.05, 3.63) is 0 Å². The molecule has 1 aliphatic heterocycles. The topological polar surface area (TPSA) is 77.8 Å². The van der Waals surface area contributed by atoms with Crippen LogP contribution in [0.2, 0.25) is 0 Å². The van der Waals surface area contributed by atoms with Crippen molar-refractivity contribution in [3.63, 3.8) is 0 Å². The van der Waals surface area contributed by atoms with Crippen molar-refractivity contribution < 1.29 is 19.8 Å². The molecule has 0 aromatic heterocycles. The van der Waals surface area contributed by atoms with Crippen molar-refractivity contribution in [2.75, 3.05) is 13.2 Å². The Morgan fingerprint density at radius 1 is 1.18 bits per heavy atom. The molecule has 1 unspecified atom stereocenters. The zero-order valence-electron chi connectivity index (χ0n) is 9.84. The standard InChI is InChI=1S/C12H19NO4/c14-7-10-2-1-5-13(10)11(15)8-3-4-9(6-8)12(16)17/h8-10,14H,1-7H2,(H,16,17)/t8-,9+,10?/m1/s1. The van der Waals surface area contributed by atoms with Crippen molar-refractivity contribution in [1.29, 1.82) is 0 Å². The van der Waals surface area contributed by atoms with Crippen molar-refractivity contribution in [2.24, 2.45) is 11.8 Å². The second-order valence-corrected chi connectivity index (χ2v) is 5.06. The quantitative estimate of drug-likeness (QED) is 0.753. The fourth-order valence-electron chi connectivity index (χ4n) is 2.98. The van der Waals surface area contributed by atoms with E-state index < -0.39 is 5.97 Å². The van der Waals surface area contributed by atoms with E-state index in [9.17, 15) is 14.7 Å². The van der Waals surface area contributed by atoms with Gasteiger partial charge in [-0.25, -0.2) is 0 Å². The number of aliphatic hydroxyl groups is 1. The summed E-state index contributed by atoms with van der Waals surface area (Å²) in [5.74, 6) is -1.26. The van der Waals surface area contributed by atoms with E-state index >= 15 is 0 Å². The van der Waals surface area contributed by atoms with Crippen LogP contribution in [-0.2, 0) is 9.59 Å². The molecule has 1 heterocycles. The van der Waals surface area contributed by atoms with Gasteiger partial charge in [-0.15, -0.1) is 0 Å². The number of hydrogen-bond acceptors (Lipinski definition) is 3. The largest absolute Gasteiger partial charge is 0.481 e. The monoisotopic (exact) mass is 241 g/mol. The molecule has 96 valence electrons. The third-order valence-electron chi connectivity index (χ3n) is 4.00. The van der Waals surface area contributed by atoms with Crippen LogP contribution in [0.25, 0.3) is 0 Å². The molecule has 3 atom stereocenters. The van der Waals surface area contributed by atoms with E-state index in [0.29, 0.717) is 25.8 Å². The van der Waals surface area contributed by atoms with Gasteiger partial charge in [-0.3, -0.25) is 9.59 Å². The van der Waals surface area contributed by atoms with E-state index in [0.717, 1.165) is 12.8 Å². The van der Waals surface area contributed by atoms with E-state index in [-0.39, 0.29) is 30.4 Å². The third kappa shape index (κ3) is 2.44. The van der Waals surface area contributed by atoms with Crippen LogP contribution in [0.5, 0.6) is 0 Å². The van der Waals surface area contributed by atoms with Gasteiger partial charge in [0.15, 0.2) is 0 Å². The van der Waals surface area contributed by atoms with Crippen LogP contribution >= 0.6 is 0 Å². The van der Waals surface area contributed by atoms with Gasteiger partial charge in [-0.2, -0.15) is 0 Å². The maximum absolute atomic E-state index is 12.2. The minimum Gasteiger partial charge on any atom is -0.481 e. The smallest absolute Gasteiger partial charge is 0.306 e. The summed E-state index contributed by atoms with van der Waals surface area (Å²) < 4.78 is 0. The van der Waals surface area contributed by atoms with E-state index in [1.807, 2.05) is 0 Å². The molecule has 2 rings (SSSR count). The Labute approximate surface area is 100 Å². The minimum absolute atomic E-state index is 0.0147. The number of amides is 1. The Kier molecular flexibility index (Phi) is 3.66. The molecule has 1 aliphatic carbocycles. The predicted octanol–water partition coefficient (Wildman–Crippen LogP) is 0.471. The Morgan fingerprint density at radius 2 is 1.88 bits per heavy atom. The minimum atomic E-state index is -0.791. The maximum Gasteiger partial charge on any atom is 0.306 e. The fraction of sp³-hybridized carbons (Fsp3) is 0.833. The first-order valence-corrected chi connectivity index (χ1v) is 6.27. The molecule has 0 radical (unpaired) electrons. The number of nitrogens with zero attached hydrogens (tertiary/aromatic N) is 1. The summed E-state index contributed by atoms with van der Waals surface area (Å²) in [5, 5.41) is 18.1. The number of aliphatic hydroxyl groups excluding tert-OH is 1. The third-order valence-corrected chi connectivity index (χ3v) is 4.00. The van der Waals surface area contributed by atoms with Crippen LogP contribution in [-0.4, -0.2) is 46.2 Å². The first-order chi connectivity index (χ1) is 8.13. The number of likely N-dealkylation sites (tertiary alicyclic amines) is 1. The first kappa shape index (κ1) is 12.4. The maximum atomic E-state index is 12.2. The summed E-state index contributed by atoms with van der Waals surface area (Å²) in [7, 11) is 0. The second kappa shape index (κ2) is 5.04. The highest BCUT2D eigenvalue weighted by Crippen LogP contribution is 2.34. The SMILES string of the molecule is O=C(O)[C@H]1CC[C@@H](C(=O)N2CCCC2CO)C1. The van der Waals surface area contributed by atoms with Crippen molar-refractivity contribution in [2.45, 2.75) is 38.1 Å². The number of aliphatic carboxylic acids is 1. The molecule has 1 saturated heterocycles. The summed E-state index contributed by atoms with van der Waals surface area (Å²) in [4.78, 5) is 24.8. The molecule has 2 fully saturated rings. The Bertz CT molecular complexity index is 318. The number of carboxylic acid groups (broad SMARTS) is 1. The van der Waals surface area contributed by atoms with E-state index in [1.165, 1.54) is 0 Å². The van der Waals surface area contributed by atoms with Crippen molar-refractivity contribution >= 4 is 11.9 Å². The van der Waals surface area contributed by atoms with Gasteiger partial charge in [0.25, 0.3) is 0 Å². The molecule has 2 N–H and O–H groups in total. The molecule has 0 aromatic carbocycles. The molecule has 1 saturated carbocycles. The summed E-state index contributed by atoms with van der Waals surface area (Å²) in [5.41, 5.74) is 0. The predicted molar refractivity (Wildman–Crippen MR) is 60.3 cm³/mol. The molecule has 17 heavy (non-hydrogen) atoms. The Balaban J connectivity index is 1.95. The lowest BCUT2D eigenvalue weighted by Gasteiger charge is -2.26. The number of carbonyl (C=O) groups excluding carboxylic acids is 1. The highest BCUT2D eigenvalue weighted by atomic mass is 16.4. The average Bonchev–Trinajstić information content (AvgIpc) is 2.96. The van der Waals surface area contributed by atoms with Crippen LogP contribution in [0.1, 0.15) is 32.1 Å². The van der Waals surface area contributed by atoms with Crippen LogP contribution < -0.4 is 0 Å². The lowest BCUT2D eigenvalue weighted by atomic mass is 10.0. The Morgan fingerprint density at radius 3 is 2.47 bits per heavy atom. The first-order valence-electron chi connectivity index (χ1n) is 6.27. The lowest BCUT2D eigenvalue weighted by molar-refractivity contribution is -0.141. The lowest BCUT2D eigenvalue weighted by Crippen LogP contribution is -2.40. The molecular weight excluding hydrogens is 222 g/mol. The van der Waals surface area contributed by atoms with Crippen LogP contribution in [0.15, 0.2) is 0 Å². The summed E-state index contributed by atoms with van der Waals surface area (Å²) in [6.07, 6.45) is 3.53. The van der Waals surface area contributed by atoms with E-state index in [2.05, 4.69) is 0 Å².